The molecule has 1 aromatic heterocycles. The number of aryl methyl sites for hydroxylation is 1. The summed E-state index contributed by atoms with van der Waals surface area (Å²) in [5.41, 5.74) is 2.82. The Morgan fingerprint density at radius 3 is 2.50 bits per heavy atom. The van der Waals surface area contributed by atoms with Crippen molar-refractivity contribution < 1.29 is 19.0 Å². The summed E-state index contributed by atoms with van der Waals surface area (Å²) >= 11 is 1.41. The van der Waals surface area contributed by atoms with E-state index in [9.17, 15) is 4.79 Å². The Kier molecular flexibility index (Phi) is 7.68. The maximum Gasteiger partial charge on any atom is 0.226 e. The molecule has 0 atom stereocenters. The summed E-state index contributed by atoms with van der Waals surface area (Å²) in [6.45, 7) is 5.09. The van der Waals surface area contributed by atoms with Crippen molar-refractivity contribution in [3.05, 3.63) is 53.4 Å². The monoisotopic (exact) mass is 426 g/mol. The molecule has 158 valence electrons. The minimum atomic E-state index is -0.0737. The fourth-order valence-corrected chi connectivity index (χ4v) is 3.67. The molecule has 0 unspecified atom stereocenters. The molecule has 1 amide bonds. The molecule has 0 saturated carbocycles. The van der Waals surface area contributed by atoms with E-state index >= 15 is 0 Å². The van der Waals surface area contributed by atoms with Crippen LogP contribution >= 0.6 is 11.3 Å². The third-order valence-electron chi connectivity index (χ3n) is 4.38. The molecule has 0 saturated heterocycles. The molecule has 1 N–H and O–H groups in total. The number of anilines is 1. The number of hydrogen-bond acceptors (Lipinski definition) is 6. The van der Waals surface area contributed by atoms with Crippen LogP contribution in [0.3, 0.4) is 0 Å². The number of carbonyl (C=O) groups is 1. The van der Waals surface area contributed by atoms with Crippen molar-refractivity contribution in [2.24, 2.45) is 0 Å². The fourth-order valence-electron chi connectivity index (χ4n) is 2.93. The maximum atomic E-state index is 12.4. The third kappa shape index (κ3) is 5.73. The largest absolute Gasteiger partial charge is 0.494 e. The predicted octanol–water partition coefficient (Wildman–Crippen LogP) is 5.19. The Balaban J connectivity index is 1.55. The molecule has 3 rings (SSSR count). The lowest BCUT2D eigenvalue weighted by atomic mass is 10.1. The summed E-state index contributed by atoms with van der Waals surface area (Å²) in [6.07, 6.45) is 0.959. The van der Waals surface area contributed by atoms with Gasteiger partial charge in [-0.1, -0.05) is 6.07 Å². The van der Waals surface area contributed by atoms with E-state index < -0.39 is 0 Å². The molecular formula is C23H26N2O4S. The van der Waals surface area contributed by atoms with Gasteiger partial charge in [-0.2, -0.15) is 0 Å². The van der Waals surface area contributed by atoms with E-state index in [1.807, 2.05) is 61.7 Å². The SMILES string of the molecule is CCOc1ccc(-c2csc(NC(=O)CCc3ccc(OCC)c(OC)c3)n2)cc1. The van der Waals surface area contributed by atoms with E-state index in [0.717, 1.165) is 22.6 Å². The Hall–Kier alpha value is -3.06. The number of aromatic nitrogens is 1. The summed E-state index contributed by atoms with van der Waals surface area (Å²) in [5.74, 6) is 2.14. The van der Waals surface area contributed by atoms with Crippen LogP contribution in [0.1, 0.15) is 25.8 Å². The molecule has 0 spiro atoms. The number of thiazole rings is 1. The first-order chi connectivity index (χ1) is 14.6. The van der Waals surface area contributed by atoms with Crippen LogP contribution in [0.25, 0.3) is 11.3 Å². The molecule has 0 aliphatic heterocycles. The first-order valence-corrected chi connectivity index (χ1v) is 10.8. The minimum absolute atomic E-state index is 0.0737. The van der Waals surface area contributed by atoms with Gasteiger partial charge in [-0.15, -0.1) is 11.3 Å². The molecular weight excluding hydrogens is 400 g/mol. The number of benzene rings is 2. The Morgan fingerprint density at radius 2 is 1.80 bits per heavy atom. The van der Waals surface area contributed by atoms with E-state index in [0.29, 0.717) is 42.7 Å². The second kappa shape index (κ2) is 10.6. The second-order valence-corrected chi connectivity index (χ2v) is 7.32. The van der Waals surface area contributed by atoms with E-state index in [2.05, 4.69) is 10.3 Å². The Labute approximate surface area is 180 Å². The number of nitrogens with one attached hydrogen (secondary N) is 1. The minimum Gasteiger partial charge on any atom is -0.494 e. The molecule has 3 aromatic rings. The highest BCUT2D eigenvalue weighted by Crippen LogP contribution is 2.29. The molecule has 1 heterocycles. The summed E-state index contributed by atoms with van der Waals surface area (Å²) in [6, 6.07) is 13.5. The number of nitrogens with zero attached hydrogens (tertiary/aromatic N) is 1. The van der Waals surface area contributed by atoms with E-state index in [1.54, 1.807) is 7.11 Å². The van der Waals surface area contributed by atoms with Gasteiger partial charge >= 0.3 is 0 Å². The molecule has 30 heavy (non-hydrogen) atoms. The van der Waals surface area contributed by atoms with Gasteiger partial charge in [0.1, 0.15) is 5.75 Å². The first kappa shape index (κ1) is 21.6. The van der Waals surface area contributed by atoms with Gasteiger partial charge in [0, 0.05) is 17.4 Å². The summed E-state index contributed by atoms with van der Waals surface area (Å²) in [4.78, 5) is 16.9. The number of carbonyl (C=O) groups excluding carboxylic acids is 1. The molecule has 0 radical (unpaired) electrons. The summed E-state index contributed by atoms with van der Waals surface area (Å²) in [7, 11) is 1.61. The van der Waals surface area contributed by atoms with Crippen molar-refractivity contribution in [1.29, 1.82) is 0 Å². The van der Waals surface area contributed by atoms with Crippen molar-refractivity contribution in [1.82, 2.24) is 4.98 Å². The maximum absolute atomic E-state index is 12.4. The number of methoxy groups -OCH3 is 1. The Bertz CT molecular complexity index is 970. The van der Waals surface area contributed by atoms with Crippen LogP contribution in [0, 0.1) is 0 Å². The number of hydrogen-bond donors (Lipinski definition) is 1. The molecule has 6 nitrogen and oxygen atoms in total. The zero-order valence-corrected chi connectivity index (χ0v) is 18.3. The van der Waals surface area contributed by atoms with Gasteiger partial charge in [0.05, 0.1) is 26.0 Å². The highest BCUT2D eigenvalue weighted by Gasteiger charge is 2.10. The van der Waals surface area contributed by atoms with Gasteiger partial charge in [0.15, 0.2) is 16.6 Å². The highest BCUT2D eigenvalue weighted by atomic mass is 32.1. The lowest BCUT2D eigenvalue weighted by Crippen LogP contribution is -2.12. The smallest absolute Gasteiger partial charge is 0.226 e. The standard InChI is InChI=1S/C23H26N2O4S/c1-4-28-18-10-8-17(9-11-18)19-15-30-23(24-19)25-22(26)13-7-16-6-12-20(29-5-2)21(14-16)27-3/h6,8-12,14-15H,4-5,7,13H2,1-3H3,(H,24,25,26). The molecule has 0 aliphatic rings. The molecule has 0 aliphatic carbocycles. The van der Waals surface area contributed by atoms with Crippen LogP contribution < -0.4 is 19.5 Å². The van der Waals surface area contributed by atoms with Crippen LogP contribution in [-0.4, -0.2) is 31.2 Å². The normalized spacial score (nSPS) is 10.5. The molecule has 2 aromatic carbocycles. The van der Waals surface area contributed by atoms with Crippen molar-refractivity contribution in [2.75, 3.05) is 25.6 Å². The van der Waals surface area contributed by atoms with Crippen LogP contribution in [0.2, 0.25) is 0 Å². The fraction of sp³-hybridized carbons (Fsp3) is 0.304. The highest BCUT2D eigenvalue weighted by molar-refractivity contribution is 7.14. The number of rotatable bonds is 10. The second-order valence-electron chi connectivity index (χ2n) is 6.46. The van der Waals surface area contributed by atoms with Crippen LogP contribution in [0.5, 0.6) is 17.2 Å². The van der Waals surface area contributed by atoms with Gasteiger partial charge in [-0.3, -0.25) is 4.79 Å². The van der Waals surface area contributed by atoms with Gasteiger partial charge in [0.2, 0.25) is 5.91 Å². The van der Waals surface area contributed by atoms with Crippen molar-refractivity contribution in [3.8, 4) is 28.5 Å². The summed E-state index contributed by atoms with van der Waals surface area (Å²) in [5, 5.41) is 5.41. The average molecular weight is 427 g/mol. The number of amides is 1. The van der Waals surface area contributed by atoms with Crippen LogP contribution in [0.4, 0.5) is 5.13 Å². The van der Waals surface area contributed by atoms with Gasteiger partial charge in [-0.05, 0) is 62.2 Å². The van der Waals surface area contributed by atoms with Crippen molar-refractivity contribution in [2.45, 2.75) is 26.7 Å². The summed E-state index contributed by atoms with van der Waals surface area (Å²) < 4.78 is 16.4. The first-order valence-electron chi connectivity index (χ1n) is 9.91. The lowest BCUT2D eigenvalue weighted by Gasteiger charge is -2.10. The van der Waals surface area contributed by atoms with Gasteiger partial charge in [0.25, 0.3) is 0 Å². The third-order valence-corrected chi connectivity index (χ3v) is 5.14. The van der Waals surface area contributed by atoms with Crippen LogP contribution in [-0.2, 0) is 11.2 Å². The van der Waals surface area contributed by atoms with E-state index in [1.165, 1.54) is 11.3 Å². The Morgan fingerprint density at radius 1 is 1.03 bits per heavy atom. The molecule has 7 heteroatoms. The molecule has 0 fully saturated rings. The quantitative estimate of drug-likeness (QED) is 0.483. The van der Waals surface area contributed by atoms with Gasteiger partial charge < -0.3 is 19.5 Å². The molecule has 0 bridgehead atoms. The van der Waals surface area contributed by atoms with E-state index in [4.69, 9.17) is 14.2 Å². The number of ether oxygens (including phenoxy) is 3. The van der Waals surface area contributed by atoms with E-state index in [-0.39, 0.29) is 5.91 Å². The van der Waals surface area contributed by atoms with Crippen molar-refractivity contribution >= 4 is 22.4 Å². The zero-order valence-electron chi connectivity index (χ0n) is 17.4. The van der Waals surface area contributed by atoms with Gasteiger partial charge in [-0.25, -0.2) is 4.98 Å². The lowest BCUT2D eigenvalue weighted by molar-refractivity contribution is -0.116. The van der Waals surface area contributed by atoms with Crippen LogP contribution in [0.15, 0.2) is 47.8 Å². The topological polar surface area (TPSA) is 69.7 Å². The predicted molar refractivity (Wildman–Crippen MR) is 120 cm³/mol. The van der Waals surface area contributed by atoms with Crippen molar-refractivity contribution in [3.63, 3.8) is 0 Å². The average Bonchev–Trinajstić information content (AvgIpc) is 3.22. The zero-order chi connectivity index (χ0) is 21.3.